The highest BCUT2D eigenvalue weighted by Gasteiger charge is 2.35. The van der Waals surface area contributed by atoms with E-state index >= 15 is 0 Å². The van der Waals surface area contributed by atoms with Gasteiger partial charge in [0.05, 0.1) is 34.6 Å². The molecule has 144 valence electrons. The van der Waals surface area contributed by atoms with Gasteiger partial charge in [-0.05, 0) is 48.4 Å². The first-order valence-corrected chi connectivity index (χ1v) is 9.26. The number of hydrogen-bond acceptors (Lipinski definition) is 4. The lowest BCUT2D eigenvalue weighted by Gasteiger charge is -2.17. The Kier molecular flexibility index (Phi) is 4.64. The average Bonchev–Trinajstić information content (AvgIpc) is 2.93. The van der Waals surface area contributed by atoms with Crippen molar-refractivity contribution in [3.8, 4) is 11.1 Å². The SMILES string of the molecule is Cc1nc(CN2C(=O)c3ccccc3C2=O)cc(-c2ccc(Cl)cc2)c1C(N)=O. The quantitative estimate of drug-likeness (QED) is 0.671. The molecule has 2 aromatic carbocycles. The zero-order valence-electron chi connectivity index (χ0n) is 15.5. The lowest BCUT2D eigenvalue weighted by Crippen LogP contribution is -2.30. The zero-order valence-corrected chi connectivity index (χ0v) is 16.2. The number of benzene rings is 2. The Morgan fingerprint density at radius 1 is 1.00 bits per heavy atom. The van der Waals surface area contributed by atoms with E-state index in [1.807, 2.05) is 0 Å². The van der Waals surface area contributed by atoms with Crippen LogP contribution in [0.25, 0.3) is 11.1 Å². The van der Waals surface area contributed by atoms with Gasteiger partial charge < -0.3 is 5.73 Å². The van der Waals surface area contributed by atoms with Gasteiger partial charge in [-0.2, -0.15) is 0 Å². The van der Waals surface area contributed by atoms with Gasteiger partial charge in [0.1, 0.15) is 0 Å². The maximum absolute atomic E-state index is 12.7. The van der Waals surface area contributed by atoms with Crippen LogP contribution in [0.3, 0.4) is 0 Å². The monoisotopic (exact) mass is 405 g/mol. The van der Waals surface area contributed by atoms with Gasteiger partial charge in [0.25, 0.3) is 17.7 Å². The highest BCUT2D eigenvalue weighted by Crippen LogP contribution is 2.29. The van der Waals surface area contributed by atoms with Crippen LogP contribution in [0.4, 0.5) is 0 Å². The number of fused-ring (bicyclic) bond motifs is 1. The molecule has 7 heteroatoms. The average molecular weight is 406 g/mol. The van der Waals surface area contributed by atoms with Crippen LogP contribution in [0, 0.1) is 6.92 Å². The standard InChI is InChI=1S/C22H16ClN3O3/c1-12-19(20(24)27)18(13-6-8-14(23)9-7-13)10-15(25-12)11-26-21(28)16-4-2-3-5-17(16)22(26)29/h2-10H,11H2,1H3,(H2,24,27). The van der Waals surface area contributed by atoms with Gasteiger partial charge in [0, 0.05) is 5.02 Å². The fraction of sp³-hybridized carbons (Fsp3) is 0.0909. The largest absolute Gasteiger partial charge is 0.366 e. The number of nitrogens with zero attached hydrogens (tertiary/aromatic N) is 2. The highest BCUT2D eigenvalue weighted by atomic mass is 35.5. The number of amides is 3. The van der Waals surface area contributed by atoms with E-state index < -0.39 is 5.91 Å². The first-order chi connectivity index (χ1) is 13.9. The van der Waals surface area contributed by atoms with Crippen LogP contribution in [-0.4, -0.2) is 27.6 Å². The summed E-state index contributed by atoms with van der Waals surface area (Å²) in [7, 11) is 0. The van der Waals surface area contributed by atoms with Crippen molar-refractivity contribution in [2.75, 3.05) is 0 Å². The summed E-state index contributed by atoms with van der Waals surface area (Å²) in [6.45, 7) is 1.66. The summed E-state index contributed by atoms with van der Waals surface area (Å²) in [5.41, 5.74) is 8.83. The lowest BCUT2D eigenvalue weighted by atomic mass is 9.97. The van der Waals surface area contributed by atoms with Crippen molar-refractivity contribution in [1.29, 1.82) is 0 Å². The van der Waals surface area contributed by atoms with E-state index in [2.05, 4.69) is 4.98 Å². The molecule has 0 saturated heterocycles. The number of rotatable bonds is 4. The summed E-state index contributed by atoms with van der Waals surface area (Å²) < 4.78 is 0. The molecule has 3 aromatic rings. The second kappa shape index (κ2) is 7.14. The van der Waals surface area contributed by atoms with Crippen LogP contribution in [0.5, 0.6) is 0 Å². The molecule has 1 aliphatic rings. The molecule has 3 amide bonds. The Hall–Kier alpha value is -3.51. The minimum Gasteiger partial charge on any atom is -0.366 e. The number of aryl methyl sites for hydroxylation is 1. The van der Waals surface area contributed by atoms with Gasteiger partial charge >= 0.3 is 0 Å². The summed E-state index contributed by atoms with van der Waals surface area (Å²) >= 11 is 5.97. The molecule has 1 aliphatic heterocycles. The number of nitrogens with two attached hydrogens (primary N) is 1. The van der Waals surface area contributed by atoms with Crippen molar-refractivity contribution < 1.29 is 14.4 Å². The molecule has 0 fully saturated rings. The van der Waals surface area contributed by atoms with E-state index in [1.165, 1.54) is 0 Å². The smallest absolute Gasteiger partial charge is 0.261 e. The minimum absolute atomic E-state index is 0.00712. The van der Waals surface area contributed by atoms with Gasteiger partial charge in [0.15, 0.2) is 0 Å². The summed E-state index contributed by atoms with van der Waals surface area (Å²) in [6.07, 6.45) is 0. The fourth-order valence-electron chi connectivity index (χ4n) is 3.53. The van der Waals surface area contributed by atoms with E-state index in [0.717, 1.165) is 10.5 Å². The predicted molar refractivity (Wildman–Crippen MR) is 109 cm³/mol. The molecular formula is C22H16ClN3O3. The third-order valence-corrected chi connectivity index (χ3v) is 5.11. The molecule has 0 saturated carbocycles. The fourth-order valence-corrected chi connectivity index (χ4v) is 3.66. The molecule has 0 spiro atoms. The second-order valence-corrected chi connectivity index (χ2v) is 7.17. The van der Waals surface area contributed by atoms with Gasteiger partial charge in [-0.15, -0.1) is 0 Å². The number of pyridine rings is 1. The molecule has 0 radical (unpaired) electrons. The van der Waals surface area contributed by atoms with Crippen molar-refractivity contribution >= 4 is 29.3 Å². The van der Waals surface area contributed by atoms with Crippen molar-refractivity contribution in [2.24, 2.45) is 5.73 Å². The number of halogens is 1. The number of carbonyl (C=O) groups excluding carboxylic acids is 3. The Balaban J connectivity index is 1.76. The molecule has 2 heterocycles. The summed E-state index contributed by atoms with van der Waals surface area (Å²) in [5.74, 6) is -1.33. The maximum atomic E-state index is 12.7. The van der Waals surface area contributed by atoms with Crippen molar-refractivity contribution in [1.82, 2.24) is 9.88 Å². The highest BCUT2D eigenvalue weighted by molar-refractivity contribution is 6.30. The zero-order chi connectivity index (χ0) is 20.7. The number of primary amides is 1. The lowest BCUT2D eigenvalue weighted by molar-refractivity contribution is 0.0639. The van der Waals surface area contributed by atoms with E-state index in [1.54, 1.807) is 61.5 Å². The second-order valence-electron chi connectivity index (χ2n) is 6.73. The third kappa shape index (κ3) is 3.28. The Labute approximate surface area is 171 Å². The van der Waals surface area contributed by atoms with E-state index in [4.69, 9.17) is 17.3 Å². The van der Waals surface area contributed by atoms with Crippen LogP contribution in [0.2, 0.25) is 5.02 Å². The van der Waals surface area contributed by atoms with Crippen molar-refractivity contribution in [2.45, 2.75) is 13.5 Å². The molecule has 0 aliphatic carbocycles. The summed E-state index contributed by atoms with van der Waals surface area (Å²) in [6, 6.07) is 15.3. The molecule has 2 N–H and O–H groups in total. The van der Waals surface area contributed by atoms with Gasteiger partial charge in [-0.1, -0.05) is 35.9 Å². The van der Waals surface area contributed by atoms with Crippen LogP contribution < -0.4 is 5.73 Å². The molecular weight excluding hydrogens is 390 g/mol. The van der Waals surface area contributed by atoms with Crippen molar-refractivity contribution in [3.63, 3.8) is 0 Å². The normalized spacial score (nSPS) is 13.0. The van der Waals surface area contributed by atoms with E-state index in [9.17, 15) is 14.4 Å². The van der Waals surface area contributed by atoms with E-state index in [0.29, 0.717) is 38.7 Å². The van der Waals surface area contributed by atoms with Crippen LogP contribution in [0.15, 0.2) is 54.6 Å². The first-order valence-electron chi connectivity index (χ1n) is 8.88. The molecule has 29 heavy (non-hydrogen) atoms. The maximum Gasteiger partial charge on any atom is 0.261 e. The minimum atomic E-state index is -0.604. The topological polar surface area (TPSA) is 93.4 Å². The van der Waals surface area contributed by atoms with Crippen LogP contribution in [-0.2, 0) is 6.54 Å². The number of aromatic nitrogens is 1. The van der Waals surface area contributed by atoms with Crippen molar-refractivity contribution in [3.05, 3.63) is 87.7 Å². The molecule has 1 aromatic heterocycles. The first kappa shape index (κ1) is 18.8. The number of hydrogen-bond donors (Lipinski definition) is 1. The van der Waals surface area contributed by atoms with Crippen LogP contribution in [0.1, 0.15) is 42.5 Å². The third-order valence-electron chi connectivity index (χ3n) is 4.85. The van der Waals surface area contributed by atoms with Gasteiger partial charge in [-0.3, -0.25) is 24.3 Å². The summed E-state index contributed by atoms with van der Waals surface area (Å²) in [4.78, 5) is 42.9. The number of imide groups is 1. The Morgan fingerprint density at radius 2 is 1.59 bits per heavy atom. The van der Waals surface area contributed by atoms with Gasteiger partial charge in [-0.25, -0.2) is 0 Å². The van der Waals surface area contributed by atoms with E-state index in [-0.39, 0.29) is 18.4 Å². The molecule has 0 bridgehead atoms. The summed E-state index contributed by atoms with van der Waals surface area (Å²) in [5, 5.41) is 0.561. The van der Waals surface area contributed by atoms with Gasteiger partial charge in [0.2, 0.25) is 0 Å². The predicted octanol–water partition coefficient (Wildman–Crippen LogP) is 3.61. The Morgan fingerprint density at radius 3 is 2.14 bits per heavy atom. The molecule has 0 atom stereocenters. The number of carbonyl (C=O) groups is 3. The molecule has 0 unspecified atom stereocenters. The molecule has 6 nitrogen and oxygen atoms in total. The Bertz CT molecular complexity index is 1140. The molecule has 4 rings (SSSR count). The van der Waals surface area contributed by atoms with Crippen LogP contribution >= 0.6 is 11.6 Å².